The summed E-state index contributed by atoms with van der Waals surface area (Å²) in [5.41, 5.74) is 16.9. The molecule has 2 aromatic heterocycles. The molecule has 4 aromatic rings. The monoisotopic (exact) mass is 943 g/mol. The fourth-order valence-electron chi connectivity index (χ4n) is 11.2. The van der Waals surface area contributed by atoms with Crippen LogP contribution in [0.1, 0.15) is 103 Å². The van der Waals surface area contributed by atoms with E-state index in [9.17, 15) is 24.0 Å². The summed E-state index contributed by atoms with van der Waals surface area (Å²) in [5.74, 6) is -2.22. The molecule has 5 aliphatic rings. The zero-order valence-electron chi connectivity index (χ0n) is 42.0. The number of aryl methyl sites for hydroxylation is 2. The fourth-order valence-corrected chi connectivity index (χ4v) is 11.2. The Morgan fingerprint density at radius 3 is 2.52 bits per heavy atom. The highest BCUT2D eigenvalue weighted by atomic mass is 16.5. The number of hydrogen-bond donors (Lipinski definition) is 3. The molecule has 9 rings (SSSR count). The number of pyridine rings is 1. The van der Waals surface area contributed by atoms with Crippen LogP contribution in [-0.4, -0.2) is 112 Å². The van der Waals surface area contributed by atoms with Crippen molar-refractivity contribution in [3.63, 3.8) is 0 Å². The van der Waals surface area contributed by atoms with Gasteiger partial charge in [0.25, 0.3) is 17.7 Å². The third-order valence-electron chi connectivity index (χ3n) is 14.8. The van der Waals surface area contributed by atoms with Gasteiger partial charge in [0.05, 0.1) is 24.1 Å². The minimum absolute atomic E-state index is 0.106. The molecule has 69 heavy (non-hydrogen) atoms. The Kier molecular flexibility index (Phi) is 14.0. The quantitative estimate of drug-likeness (QED) is 0.119. The average molecular weight is 943 g/mol. The van der Waals surface area contributed by atoms with Crippen LogP contribution in [0.3, 0.4) is 0 Å². The first kappa shape index (κ1) is 49.5. The minimum atomic E-state index is -1.11. The molecule has 4 atom stereocenters. The summed E-state index contributed by atoms with van der Waals surface area (Å²) in [5, 5.41) is 5.56. The fraction of sp³-hybridized carbons (Fsp3) is 0.519. The second kappa shape index (κ2) is 19.5. The van der Waals surface area contributed by atoms with Gasteiger partial charge < -0.3 is 34.9 Å². The number of esters is 1. The van der Waals surface area contributed by atoms with Gasteiger partial charge in [-0.1, -0.05) is 50.6 Å². The first-order chi connectivity index (χ1) is 32.8. The molecule has 15 heteroatoms. The molecule has 368 valence electrons. The maximum absolute atomic E-state index is 14.9. The average Bonchev–Trinajstić information content (AvgIpc) is 3.99. The number of carbonyl (C=O) groups is 5. The van der Waals surface area contributed by atoms with Gasteiger partial charge in [-0.3, -0.25) is 34.0 Å². The van der Waals surface area contributed by atoms with Crippen molar-refractivity contribution in [2.24, 2.45) is 23.0 Å². The van der Waals surface area contributed by atoms with E-state index in [0.717, 1.165) is 55.7 Å². The molecule has 4 amide bonds. The number of methoxy groups -OCH3 is 1. The Morgan fingerprint density at radius 2 is 1.83 bits per heavy atom. The van der Waals surface area contributed by atoms with Gasteiger partial charge in [-0.05, 0) is 125 Å². The highest BCUT2D eigenvalue weighted by Crippen LogP contribution is 2.52. The molecule has 1 saturated carbocycles. The lowest BCUT2D eigenvalue weighted by Gasteiger charge is -2.43. The Labute approximate surface area is 406 Å². The molecule has 8 bridgehead atoms. The maximum atomic E-state index is 14.9. The normalized spacial score (nSPS) is 23.1. The molecule has 0 spiro atoms. The molecule has 6 heterocycles. The number of likely N-dealkylation sites (N-methyl/N-ethyl adjacent to an activating group) is 1. The largest absolute Gasteiger partial charge is 0.464 e. The molecule has 4 aliphatic heterocycles. The van der Waals surface area contributed by atoms with Gasteiger partial charge in [-0.15, -0.1) is 0 Å². The van der Waals surface area contributed by atoms with Gasteiger partial charge in [0.2, 0.25) is 5.91 Å². The van der Waals surface area contributed by atoms with Crippen molar-refractivity contribution in [3.05, 3.63) is 88.4 Å². The molecule has 0 radical (unpaired) electrons. The number of allylic oxidation sites excluding steroid dienone is 1. The number of hydrogen-bond acceptors (Lipinski definition) is 10. The lowest BCUT2D eigenvalue weighted by molar-refractivity contribution is -0.155. The van der Waals surface area contributed by atoms with Gasteiger partial charge in [0, 0.05) is 80.8 Å². The van der Waals surface area contributed by atoms with Crippen LogP contribution in [-0.2, 0) is 52.8 Å². The lowest BCUT2D eigenvalue weighted by atomic mass is 9.72. The van der Waals surface area contributed by atoms with Crippen molar-refractivity contribution in [2.45, 2.75) is 124 Å². The zero-order chi connectivity index (χ0) is 49.7. The summed E-state index contributed by atoms with van der Waals surface area (Å²) in [6, 6.07) is 14.9. The first-order valence-corrected chi connectivity index (χ1v) is 24.6. The number of benzene rings is 2. The van der Waals surface area contributed by atoms with E-state index in [-0.39, 0.29) is 49.1 Å². The Balaban J connectivity index is 1.20. The number of nitrogens with zero attached hydrogens (tertiary/aromatic N) is 5. The molecule has 4 fully saturated rings. The van der Waals surface area contributed by atoms with E-state index in [1.807, 2.05) is 26.0 Å². The number of ether oxygens (including phenoxy) is 2. The van der Waals surface area contributed by atoms with E-state index < -0.39 is 46.7 Å². The SMILES string of the molecule is CCn1c(-c2cccnc2[C@H](C)OC)c2c3cc(ccc31)-c1cc(C)cc(c1)C[C@H](NC(=O)C(=C(C)C)N(C)C(=O)C13CC(CN1C(=O)[C@H](C)CN)C3)C(=O)N1CCC[C@H](N1)C(=O)OCC(C)(C)C2. The predicted molar refractivity (Wildman–Crippen MR) is 265 cm³/mol. The summed E-state index contributed by atoms with van der Waals surface area (Å²) in [6.45, 7) is 17.4. The Bertz CT molecular complexity index is 2710. The molecule has 0 unspecified atom stereocenters. The summed E-state index contributed by atoms with van der Waals surface area (Å²) < 4.78 is 14.3. The smallest absolute Gasteiger partial charge is 0.324 e. The molecule has 3 saturated heterocycles. The van der Waals surface area contributed by atoms with E-state index in [4.69, 9.17) is 20.2 Å². The van der Waals surface area contributed by atoms with Crippen LogP contribution in [0.25, 0.3) is 33.3 Å². The second-order valence-corrected chi connectivity index (χ2v) is 20.9. The number of hydrazine groups is 1. The van der Waals surface area contributed by atoms with E-state index in [2.05, 4.69) is 72.5 Å². The summed E-state index contributed by atoms with van der Waals surface area (Å²) in [7, 11) is 3.26. The van der Waals surface area contributed by atoms with Gasteiger partial charge in [0.1, 0.15) is 23.3 Å². The number of cyclic esters (lactones) is 1. The number of rotatable bonds is 10. The summed E-state index contributed by atoms with van der Waals surface area (Å²) >= 11 is 0. The van der Waals surface area contributed by atoms with Crippen LogP contribution in [0.4, 0.5) is 0 Å². The number of aromatic nitrogens is 2. The number of carbonyl (C=O) groups excluding carboxylic acids is 5. The third-order valence-corrected chi connectivity index (χ3v) is 14.8. The summed E-state index contributed by atoms with van der Waals surface area (Å²) in [4.78, 5) is 79.6. The topological polar surface area (TPSA) is 181 Å². The van der Waals surface area contributed by atoms with Crippen LogP contribution in [0.2, 0.25) is 0 Å². The lowest BCUT2D eigenvalue weighted by Crippen LogP contribution is -2.62. The van der Waals surface area contributed by atoms with Crippen LogP contribution < -0.4 is 16.5 Å². The van der Waals surface area contributed by atoms with Crippen LogP contribution in [0.5, 0.6) is 0 Å². The summed E-state index contributed by atoms with van der Waals surface area (Å²) in [6.07, 6.45) is 4.27. The van der Waals surface area contributed by atoms with E-state index in [0.29, 0.717) is 57.3 Å². The highest BCUT2D eigenvalue weighted by molar-refractivity contribution is 6.03. The number of fused-ring (bicyclic) bond motifs is 7. The Hall–Kier alpha value is -5.90. The van der Waals surface area contributed by atoms with E-state index in [1.54, 1.807) is 46.0 Å². The van der Waals surface area contributed by atoms with Crippen LogP contribution in [0.15, 0.2) is 66.0 Å². The first-order valence-electron chi connectivity index (χ1n) is 24.6. The Morgan fingerprint density at radius 1 is 1.07 bits per heavy atom. The molecule has 1 aliphatic carbocycles. The highest BCUT2D eigenvalue weighted by Gasteiger charge is 2.63. The van der Waals surface area contributed by atoms with Crippen molar-refractivity contribution in [2.75, 3.05) is 40.4 Å². The maximum Gasteiger partial charge on any atom is 0.324 e. The third kappa shape index (κ3) is 9.32. The van der Waals surface area contributed by atoms with Crippen LogP contribution >= 0.6 is 0 Å². The van der Waals surface area contributed by atoms with Crippen molar-refractivity contribution in [1.82, 2.24) is 35.1 Å². The predicted octanol–water partition coefficient (Wildman–Crippen LogP) is 6.39. The van der Waals surface area contributed by atoms with Gasteiger partial charge >= 0.3 is 5.97 Å². The second-order valence-electron chi connectivity index (χ2n) is 20.9. The van der Waals surface area contributed by atoms with E-state index in [1.165, 1.54) is 9.91 Å². The molecular weight excluding hydrogens is 873 g/mol. The number of nitrogens with two attached hydrogens (primary N) is 1. The zero-order valence-corrected chi connectivity index (χ0v) is 42.0. The molecule has 15 nitrogen and oxygen atoms in total. The molecular formula is C54H70N8O7. The molecule has 4 N–H and O–H groups in total. The standard InChI is InChI=1S/C54H70N8O7/c1-11-60-44-17-16-37-24-40(44)41(47(60)39-14-12-18-56-45(39)34(6)68-10)27-53(7,8)30-69-51(66)42-15-13-19-62(58-42)50(65)43(23-35-20-32(4)21-38(37)22-35)57-48(63)46(31(2)3)59(9)52(67)54-25-36(26-54)29-61(54)49(64)33(5)28-55/h12,14,16-18,20-22,24,33-34,36,42-43,58H,11,13,15,19,23,25-30,55H2,1-10H3,(H,57,63)/t33-,34+,36?,42+,43+,54?/m1/s1. The van der Waals surface area contributed by atoms with Crippen LogP contribution in [0, 0.1) is 24.2 Å². The number of amides is 4. The van der Waals surface area contributed by atoms with Crippen molar-refractivity contribution in [1.29, 1.82) is 0 Å². The minimum Gasteiger partial charge on any atom is -0.464 e. The molecule has 2 aromatic carbocycles. The number of nitrogens with one attached hydrogen (secondary N) is 2. The van der Waals surface area contributed by atoms with Gasteiger partial charge in [-0.2, -0.15) is 0 Å². The van der Waals surface area contributed by atoms with Gasteiger partial charge in [-0.25, -0.2) is 5.43 Å². The van der Waals surface area contributed by atoms with Crippen molar-refractivity contribution >= 4 is 40.5 Å². The van der Waals surface area contributed by atoms with Crippen molar-refractivity contribution in [3.8, 4) is 22.4 Å². The van der Waals surface area contributed by atoms with Gasteiger partial charge in [0.15, 0.2) is 0 Å². The van der Waals surface area contributed by atoms with E-state index >= 15 is 0 Å². The van der Waals surface area contributed by atoms with Crippen molar-refractivity contribution < 1.29 is 33.4 Å².